The number of benzene rings is 1. The molecule has 96 valence electrons. The molecule has 1 aromatic carbocycles. The SMILES string of the molecule is Clc1oc2ccccc2c1CNCc1cccnc1. The molecule has 4 heteroatoms. The Kier molecular flexibility index (Phi) is 3.49. The summed E-state index contributed by atoms with van der Waals surface area (Å²) in [6.45, 7) is 1.43. The summed E-state index contributed by atoms with van der Waals surface area (Å²) < 4.78 is 5.51. The standard InChI is InChI=1S/C15H13ClN2O/c16-15-13(12-5-1-2-6-14(12)19-15)10-18-9-11-4-3-7-17-8-11/h1-8,18H,9-10H2. The molecule has 0 aliphatic carbocycles. The number of para-hydroxylation sites is 1. The summed E-state index contributed by atoms with van der Waals surface area (Å²) >= 11 is 6.13. The number of hydrogen-bond acceptors (Lipinski definition) is 3. The van der Waals surface area contributed by atoms with E-state index >= 15 is 0 Å². The Balaban J connectivity index is 1.73. The van der Waals surface area contributed by atoms with Crippen molar-refractivity contribution in [3.8, 4) is 0 Å². The number of pyridine rings is 1. The zero-order valence-corrected chi connectivity index (χ0v) is 11.0. The minimum absolute atomic E-state index is 0.458. The lowest BCUT2D eigenvalue weighted by atomic mass is 10.2. The third kappa shape index (κ3) is 2.62. The molecule has 0 saturated carbocycles. The molecule has 1 N–H and O–H groups in total. The maximum Gasteiger partial charge on any atom is 0.199 e. The fraction of sp³-hybridized carbons (Fsp3) is 0.133. The molecule has 19 heavy (non-hydrogen) atoms. The number of hydrogen-bond donors (Lipinski definition) is 1. The van der Waals surface area contributed by atoms with Crippen molar-refractivity contribution in [2.75, 3.05) is 0 Å². The maximum absolute atomic E-state index is 6.13. The van der Waals surface area contributed by atoms with Crippen LogP contribution in [-0.4, -0.2) is 4.98 Å². The molecule has 3 nitrogen and oxygen atoms in total. The molecule has 0 aliphatic heterocycles. The molecule has 0 saturated heterocycles. The fourth-order valence-electron chi connectivity index (χ4n) is 2.07. The minimum Gasteiger partial charge on any atom is -0.444 e. The van der Waals surface area contributed by atoms with E-state index in [2.05, 4.69) is 10.3 Å². The van der Waals surface area contributed by atoms with E-state index in [1.807, 2.05) is 42.6 Å². The first-order chi connectivity index (χ1) is 9.34. The van der Waals surface area contributed by atoms with Gasteiger partial charge in [-0.1, -0.05) is 24.3 Å². The zero-order chi connectivity index (χ0) is 13.1. The van der Waals surface area contributed by atoms with Gasteiger partial charge in [0.25, 0.3) is 0 Å². The number of nitrogens with one attached hydrogen (secondary N) is 1. The van der Waals surface area contributed by atoms with Gasteiger partial charge in [0.15, 0.2) is 5.22 Å². The Morgan fingerprint density at radius 2 is 2.00 bits per heavy atom. The van der Waals surface area contributed by atoms with Crippen LogP contribution in [0.15, 0.2) is 53.2 Å². The lowest BCUT2D eigenvalue weighted by Crippen LogP contribution is -2.12. The molecule has 2 aromatic heterocycles. The number of nitrogens with zero attached hydrogens (tertiary/aromatic N) is 1. The third-order valence-corrected chi connectivity index (χ3v) is 3.31. The highest BCUT2D eigenvalue weighted by Crippen LogP contribution is 2.29. The van der Waals surface area contributed by atoms with Gasteiger partial charge in [0.1, 0.15) is 5.58 Å². The van der Waals surface area contributed by atoms with Crippen LogP contribution in [0.5, 0.6) is 0 Å². The van der Waals surface area contributed by atoms with Gasteiger partial charge in [-0.2, -0.15) is 0 Å². The van der Waals surface area contributed by atoms with Crippen molar-refractivity contribution in [3.63, 3.8) is 0 Å². The van der Waals surface area contributed by atoms with Crippen molar-refractivity contribution in [2.45, 2.75) is 13.1 Å². The Labute approximate surface area is 116 Å². The Hall–Kier alpha value is -1.84. The van der Waals surface area contributed by atoms with Crippen LogP contribution in [0, 0.1) is 0 Å². The molecule has 3 rings (SSSR count). The summed E-state index contributed by atoms with van der Waals surface area (Å²) in [5.74, 6) is 0. The predicted octanol–water partition coefficient (Wildman–Crippen LogP) is 3.77. The van der Waals surface area contributed by atoms with Crippen LogP contribution in [0.2, 0.25) is 5.22 Å². The van der Waals surface area contributed by atoms with E-state index in [4.69, 9.17) is 16.0 Å². The van der Waals surface area contributed by atoms with E-state index in [0.717, 1.165) is 28.6 Å². The van der Waals surface area contributed by atoms with Crippen molar-refractivity contribution in [1.29, 1.82) is 0 Å². The highest BCUT2D eigenvalue weighted by Gasteiger charge is 2.11. The van der Waals surface area contributed by atoms with Crippen LogP contribution < -0.4 is 5.32 Å². The van der Waals surface area contributed by atoms with Crippen LogP contribution in [0.1, 0.15) is 11.1 Å². The van der Waals surface area contributed by atoms with Gasteiger partial charge in [-0.3, -0.25) is 4.98 Å². The van der Waals surface area contributed by atoms with Crippen LogP contribution in [-0.2, 0) is 13.1 Å². The smallest absolute Gasteiger partial charge is 0.199 e. The normalized spacial score (nSPS) is 11.0. The summed E-state index contributed by atoms with van der Waals surface area (Å²) in [4.78, 5) is 4.08. The fourth-order valence-corrected chi connectivity index (χ4v) is 2.32. The van der Waals surface area contributed by atoms with Crippen molar-refractivity contribution in [2.24, 2.45) is 0 Å². The largest absolute Gasteiger partial charge is 0.444 e. The molecule has 0 amide bonds. The van der Waals surface area contributed by atoms with Crippen LogP contribution in [0.3, 0.4) is 0 Å². The minimum atomic E-state index is 0.458. The second-order valence-corrected chi connectivity index (χ2v) is 4.66. The molecule has 3 aromatic rings. The summed E-state index contributed by atoms with van der Waals surface area (Å²) in [5.41, 5.74) is 2.97. The molecule has 0 unspecified atom stereocenters. The van der Waals surface area contributed by atoms with Crippen molar-refractivity contribution in [1.82, 2.24) is 10.3 Å². The van der Waals surface area contributed by atoms with Crippen LogP contribution in [0.4, 0.5) is 0 Å². The second-order valence-electron chi connectivity index (χ2n) is 4.32. The van der Waals surface area contributed by atoms with E-state index in [9.17, 15) is 0 Å². The maximum atomic E-state index is 6.13. The number of halogens is 1. The molecule has 0 fully saturated rings. The van der Waals surface area contributed by atoms with E-state index in [0.29, 0.717) is 11.8 Å². The molecule has 0 aliphatic rings. The third-order valence-electron chi connectivity index (χ3n) is 3.00. The number of aromatic nitrogens is 1. The topological polar surface area (TPSA) is 38.1 Å². The molecule has 0 atom stereocenters. The molecular weight excluding hydrogens is 260 g/mol. The van der Waals surface area contributed by atoms with Gasteiger partial charge in [0, 0.05) is 36.4 Å². The van der Waals surface area contributed by atoms with Gasteiger partial charge in [-0.15, -0.1) is 0 Å². The predicted molar refractivity (Wildman–Crippen MR) is 76.0 cm³/mol. The van der Waals surface area contributed by atoms with Gasteiger partial charge < -0.3 is 9.73 Å². The summed E-state index contributed by atoms with van der Waals surface area (Å²) in [6, 6.07) is 11.8. The van der Waals surface area contributed by atoms with E-state index < -0.39 is 0 Å². The highest BCUT2D eigenvalue weighted by atomic mass is 35.5. The number of fused-ring (bicyclic) bond motifs is 1. The van der Waals surface area contributed by atoms with E-state index in [-0.39, 0.29) is 0 Å². The van der Waals surface area contributed by atoms with Crippen molar-refractivity contribution >= 4 is 22.6 Å². The van der Waals surface area contributed by atoms with Gasteiger partial charge in [0.05, 0.1) is 0 Å². The van der Waals surface area contributed by atoms with E-state index in [1.54, 1.807) is 6.20 Å². The Morgan fingerprint density at radius 3 is 2.84 bits per heavy atom. The summed E-state index contributed by atoms with van der Waals surface area (Å²) in [7, 11) is 0. The van der Waals surface area contributed by atoms with Crippen LogP contribution >= 0.6 is 11.6 Å². The first-order valence-corrected chi connectivity index (χ1v) is 6.48. The highest BCUT2D eigenvalue weighted by molar-refractivity contribution is 6.30. The lowest BCUT2D eigenvalue weighted by molar-refractivity contribution is 0.604. The second kappa shape index (κ2) is 5.43. The number of rotatable bonds is 4. The van der Waals surface area contributed by atoms with Gasteiger partial charge in [-0.25, -0.2) is 0 Å². The average molecular weight is 273 g/mol. The molecule has 0 spiro atoms. The quantitative estimate of drug-likeness (QED) is 0.786. The summed E-state index contributed by atoms with van der Waals surface area (Å²) in [5, 5.41) is 4.87. The van der Waals surface area contributed by atoms with E-state index in [1.165, 1.54) is 0 Å². The molecular formula is C15H13ClN2O. The first-order valence-electron chi connectivity index (χ1n) is 6.10. The monoisotopic (exact) mass is 272 g/mol. The van der Waals surface area contributed by atoms with Gasteiger partial charge >= 0.3 is 0 Å². The average Bonchev–Trinajstić information content (AvgIpc) is 2.76. The van der Waals surface area contributed by atoms with Crippen molar-refractivity contribution < 1.29 is 4.42 Å². The van der Waals surface area contributed by atoms with Gasteiger partial charge in [0.2, 0.25) is 0 Å². The Morgan fingerprint density at radius 1 is 1.11 bits per heavy atom. The Bertz CT molecular complexity index is 679. The zero-order valence-electron chi connectivity index (χ0n) is 10.3. The summed E-state index contributed by atoms with van der Waals surface area (Å²) in [6.07, 6.45) is 3.62. The molecule has 0 radical (unpaired) electrons. The molecule has 0 bridgehead atoms. The number of furan rings is 1. The van der Waals surface area contributed by atoms with Crippen LogP contribution in [0.25, 0.3) is 11.0 Å². The molecule has 2 heterocycles. The first kappa shape index (κ1) is 12.2. The lowest BCUT2D eigenvalue weighted by Gasteiger charge is -2.03. The van der Waals surface area contributed by atoms with Gasteiger partial charge in [-0.05, 0) is 29.3 Å². The van der Waals surface area contributed by atoms with Crippen molar-refractivity contribution in [3.05, 3.63) is 65.1 Å².